The lowest BCUT2D eigenvalue weighted by Gasteiger charge is -2.26. The van der Waals surface area contributed by atoms with Gasteiger partial charge < -0.3 is 4.74 Å². The van der Waals surface area contributed by atoms with Gasteiger partial charge in [0.2, 0.25) is 0 Å². The molecule has 1 aromatic heterocycles. The zero-order valence-electron chi connectivity index (χ0n) is 16.3. The number of aromatic nitrogens is 4. The van der Waals surface area contributed by atoms with Gasteiger partial charge in [-0.05, 0) is 67.1 Å². The Labute approximate surface area is 164 Å². The summed E-state index contributed by atoms with van der Waals surface area (Å²) in [5, 5.41) is 7.01. The second kappa shape index (κ2) is 7.82. The summed E-state index contributed by atoms with van der Waals surface area (Å²) in [4.78, 5) is 27.0. The largest absolute Gasteiger partial charge is 0.496 e. The maximum atomic E-state index is 14.0. The van der Waals surface area contributed by atoms with Gasteiger partial charge in [-0.3, -0.25) is 4.90 Å². The van der Waals surface area contributed by atoms with Crippen LogP contribution < -0.4 is 15.3 Å². The lowest BCUT2D eigenvalue weighted by atomic mass is 10.1. The molecule has 0 spiro atoms. The molecule has 0 fully saturated rings. The summed E-state index contributed by atoms with van der Waals surface area (Å²) in [7, 11) is 1.53. The lowest BCUT2D eigenvalue weighted by molar-refractivity contribution is 0.242. The highest BCUT2D eigenvalue weighted by Crippen LogP contribution is 2.26. The van der Waals surface area contributed by atoms with E-state index in [1.807, 2.05) is 6.92 Å². The first-order chi connectivity index (χ1) is 13.8. The van der Waals surface area contributed by atoms with Gasteiger partial charge in [-0.2, -0.15) is 4.68 Å². The smallest absolute Gasteiger partial charge is 0.377 e. The number of halogens is 2. The number of methoxy groups -OCH3 is 1. The molecule has 152 valence electrons. The molecular formula is C19H19F2N5O3. The van der Waals surface area contributed by atoms with E-state index in [9.17, 15) is 18.4 Å². The molecule has 10 heteroatoms. The maximum absolute atomic E-state index is 14.0. The van der Waals surface area contributed by atoms with Crippen molar-refractivity contribution in [2.24, 2.45) is 0 Å². The van der Waals surface area contributed by atoms with Crippen molar-refractivity contribution in [1.29, 1.82) is 0 Å². The van der Waals surface area contributed by atoms with Crippen molar-refractivity contribution < 1.29 is 18.3 Å². The summed E-state index contributed by atoms with van der Waals surface area (Å²) < 4.78 is 34.1. The second-order valence-electron chi connectivity index (χ2n) is 6.56. The quantitative estimate of drug-likeness (QED) is 0.626. The van der Waals surface area contributed by atoms with Crippen molar-refractivity contribution in [3.8, 4) is 11.4 Å². The van der Waals surface area contributed by atoms with Gasteiger partial charge in [-0.25, -0.2) is 18.4 Å². The first-order valence-electron chi connectivity index (χ1n) is 8.74. The average Bonchev–Trinajstić information content (AvgIpc) is 3.03. The molecule has 0 aliphatic rings. The number of benzene rings is 2. The summed E-state index contributed by atoms with van der Waals surface area (Å²) in [6.07, 6.45) is 0. The van der Waals surface area contributed by atoms with E-state index in [-0.39, 0.29) is 6.04 Å². The highest BCUT2D eigenvalue weighted by molar-refractivity contribution is 5.93. The first kappa shape index (κ1) is 20.2. The minimum Gasteiger partial charge on any atom is -0.496 e. The molecule has 3 rings (SSSR count). The Balaban J connectivity index is 2.06. The average molecular weight is 403 g/mol. The molecule has 0 unspecified atom stereocenters. The molecule has 0 atom stereocenters. The van der Waals surface area contributed by atoms with Crippen molar-refractivity contribution in [2.45, 2.75) is 26.8 Å². The predicted octanol–water partition coefficient (Wildman–Crippen LogP) is 2.91. The minimum absolute atomic E-state index is 0.349. The standard InChI is InChI=1S/C19H19F2N5O3/c1-11(2)24(13-8-9-16(29-4)12(3)10-13)18(27)26-19(28)25(22-23-26)17-14(20)6-5-7-15(17)21/h5-11H,1-4H3. The van der Waals surface area contributed by atoms with E-state index in [1.54, 1.807) is 32.0 Å². The fourth-order valence-electron chi connectivity index (χ4n) is 2.94. The van der Waals surface area contributed by atoms with E-state index in [4.69, 9.17) is 4.74 Å². The summed E-state index contributed by atoms with van der Waals surface area (Å²) in [5.41, 5.74) is -0.502. The van der Waals surface area contributed by atoms with Crippen LogP contribution in [-0.2, 0) is 0 Å². The van der Waals surface area contributed by atoms with Crippen LogP contribution in [0.4, 0.5) is 19.3 Å². The number of hydrogen-bond donors (Lipinski definition) is 0. The van der Waals surface area contributed by atoms with Crippen LogP contribution in [0.1, 0.15) is 19.4 Å². The summed E-state index contributed by atoms with van der Waals surface area (Å²) in [6, 6.07) is 7.04. The molecule has 29 heavy (non-hydrogen) atoms. The zero-order chi connectivity index (χ0) is 21.3. The highest BCUT2D eigenvalue weighted by Gasteiger charge is 2.27. The second-order valence-corrected chi connectivity index (χ2v) is 6.56. The molecule has 0 aliphatic heterocycles. The van der Waals surface area contributed by atoms with E-state index < -0.39 is 29.0 Å². The SMILES string of the molecule is COc1ccc(N(C(=O)n2nnn(-c3c(F)cccc3F)c2=O)C(C)C)cc1C. The molecule has 3 aromatic rings. The number of amides is 1. The molecule has 1 heterocycles. The molecule has 0 saturated carbocycles. The molecule has 0 aliphatic carbocycles. The van der Waals surface area contributed by atoms with Gasteiger partial charge in [-0.1, -0.05) is 6.07 Å². The van der Waals surface area contributed by atoms with Gasteiger partial charge in [0, 0.05) is 11.7 Å². The molecule has 8 nitrogen and oxygen atoms in total. The minimum atomic E-state index is -1.09. The number of para-hydroxylation sites is 1. The van der Waals surface area contributed by atoms with Crippen LogP contribution in [0.15, 0.2) is 41.2 Å². The van der Waals surface area contributed by atoms with Gasteiger partial charge in [0.15, 0.2) is 11.6 Å². The highest BCUT2D eigenvalue weighted by atomic mass is 19.1. The fourth-order valence-corrected chi connectivity index (χ4v) is 2.94. The number of hydrogen-bond acceptors (Lipinski definition) is 5. The predicted molar refractivity (Wildman–Crippen MR) is 102 cm³/mol. The van der Waals surface area contributed by atoms with Crippen LogP contribution in [0.25, 0.3) is 5.69 Å². The zero-order valence-corrected chi connectivity index (χ0v) is 16.3. The van der Waals surface area contributed by atoms with Crippen LogP contribution in [0.2, 0.25) is 0 Å². The van der Waals surface area contributed by atoms with Crippen LogP contribution in [0.3, 0.4) is 0 Å². The number of aryl methyl sites for hydroxylation is 1. The van der Waals surface area contributed by atoms with Crippen LogP contribution in [0.5, 0.6) is 5.75 Å². The lowest BCUT2D eigenvalue weighted by Crippen LogP contribution is -2.44. The molecule has 0 bridgehead atoms. The third kappa shape index (κ3) is 3.60. The normalized spacial score (nSPS) is 11.0. The molecular weight excluding hydrogens is 384 g/mol. The van der Waals surface area contributed by atoms with Gasteiger partial charge in [0.1, 0.15) is 11.4 Å². The Morgan fingerprint density at radius 3 is 2.34 bits per heavy atom. The van der Waals surface area contributed by atoms with E-state index in [1.165, 1.54) is 12.0 Å². The Morgan fingerprint density at radius 2 is 1.79 bits per heavy atom. The van der Waals surface area contributed by atoms with Crippen molar-refractivity contribution in [3.63, 3.8) is 0 Å². The number of nitrogens with zero attached hydrogens (tertiary/aromatic N) is 5. The van der Waals surface area contributed by atoms with E-state index in [0.717, 1.165) is 23.8 Å². The van der Waals surface area contributed by atoms with Gasteiger partial charge in [0.25, 0.3) is 0 Å². The number of carbonyl (C=O) groups is 1. The first-order valence-corrected chi connectivity index (χ1v) is 8.74. The Bertz CT molecular complexity index is 1100. The van der Waals surface area contributed by atoms with Crippen molar-refractivity contribution >= 4 is 11.7 Å². The molecule has 0 saturated heterocycles. The summed E-state index contributed by atoms with van der Waals surface area (Å²) in [5.74, 6) is -1.36. The Morgan fingerprint density at radius 1 is 1.14 bits per heavy atom. The van der Waals surface area contributed by atoms with Gasteiger partial charge in [0.05, 0.1) is 7.11 Å². The Kier molecular flexibility index (Phi) is 5.44. The van der Waals surface area contributed by atoms with Gasteiger partial charge >= 0.3 is 11.7 Å². The van der Waals surface area contributed by atoms with Crippen LogP contribution in [-0.4, -0.2) is 39.0 Å². The van der Waals surface area contributed by atoms with E-state index in [0.29, 0.717) is 20.8 Å². The van der Waals surface area contributed by atoms with Crippen LogP contribution in [0, 0.1) is 18.6 Å². The summed E-state index contributed by atoms with van der Waals surface area (Å²) >= 11 is 0. The molecule has 1 amide bonds. The van der Waals surface area contributed by atoms with Crippen molar-refractivity contribution in [2.75, 3.05) is 12.0 Å². The number of tetrazole rings is 1. The van der Waals surface area contributed by atoms with Crippen molar-refractivity contribution in [1.82, 2.24) is 19.8 Å². The third-order valence-electron chi connectivity index (χ3n) is 4.29. The number of rotatable bonds is 4. The third-order valence-corrected chi connectivity index (χ3v) is 4.29. The monoisotopic (exact) mass is 403 g/mol. The fraction of sp³-hybridized carbons (Fsp3) is 0.263. The van der Waals surface area contributed by atoms with E-state index >= 15 is 0 Å². The van der Waals surface area contributed by atoms with E-state index in [2.05, 4.69) is 10.4 Å². The topological polar surface area (TPSA) is 82.2 Å². The Hall–Kier alpha value is -3.56. The maximum Gasteiger partial charge on any atom is 0.377 e. The number of anilines is 1. The number of carbonyl (C=O) groups excluding carboxylic acids is 1. The number of ether oxygens (including phenoxy) is 1. The van der Waals surface area contributed by atoms with Crippen LogP contribution >= 0.6 is 0 Å². The molecule has 0 N–H and O–H groups in total. The van der Waals surface area contributed by atoms with Crippen molar-refractivity contribution in [3.05, 3.63) is 64.1 Å². The molecule has 2 aromatic carbocycles. The summed E-state index contributed by atoms with van der Waals surface area (Å²) in [6.45, 7) is 5.32. The molecule has 0 radical (unpaired) electrons. The van der Waals surface area contributed by atoms with Gasteiger partial charge in [-0.15, -0.1) is 4.68 Å².